The Bertz CT molecular complexity index is 1780. The first-order valence-electron chi connectivity index (χ1n) is 14.3. The fraction of sp³-hybridized carbons (Fsp3) is 0.294. The zero-order valence-corrected chi connectivity index (χ0v) is 26.6. The molecule has 1 heterocycles. The van der Waals surface area contributed by atoms with Gasteiger partial charge in [-0.25, -0.2) is 4.99 Å². The van der Waals surface area contributed by atoms with Gasteiger partial charge in [0.1, 0.15) is 11.6 Å². The highest BCUT2D eigenvalue weighted by molar-refractivity contribution is 6.03. The first kappa shape index (κ1) is 33.4. The molecule has 2 aromatic carbocycles. The number of amides is 1. The van der Waals surface area contributed by atoms with E-state index >= 15 is 0 Å². The van der Waals surface area contributed by atoms with E-state index in [-0.39, 0.29) is 11.5 Å². The van der Waals surface area contributed by atoms with Gasteiger partial charge in [0, 0.05) is 55.6 Å². The molecule has 0 saturated heterocycles. The standard InChI is InChI=1S/C34H41N7O3/c1-9-12-30-26(18-27(34(43)41(30)7)25-14-11-13-24(17-25)21-35)22-36-23(3)37-29-19-28(38-33(42)10-2)31(20-32(29)44-8)40(6)16-15-39(4)5/h10-14,17-20,22H,2,9,15-16H2,1,3-8H3,(H,36,37)(H,38,42)/b26-22-,30-12-. The lowest BCUT2D eigenvalue weighted by Gasteiger charge is -2.26. The number of benzene rings is 2. The molecule has 0 spiro atoms. The molecule has 1 amide bonds. The molecule has 0 unspecified atom stereocenters. The molecule has 3 rings (SSSR count). The molecule has 230 valence electrons. The fourth-order valence-electron chi connectivity index (χ4n) is 4.59. The number of rotatable bonds is 11. The highest BCUT2D eigenvalue weighted by Crippen LogP contribution is 2.37. The second-order valence-electron chi connectivity index (χ2n) is 10.5. The predicted octanol–water partition coefficient (Wildman–Crippen LogP) is 3.51. The number of aromatic nitrogens is 1. The van der Waals surface area contributed by atoms with E-state index in [0.29, 0.717) is 39.7 Å². The molecule has 0 fully saturated rings. The third kappa shape index (κ3) is 8.24. The van der Waals surface area contributed by atoms with Crippen molar-refractivity contribution < 1.29 is 9.53 Å². The minimum Gasteiger partial charge on any atom is -0.494 e. The SMILES string of the molecule is C=CC(=O)Nc1cc(NC(C)=N/C=c2/cc(-c3cccc(C#N)c3)c(=O)n(C)/c2=C\CC)c(OC)cc1N(C)CCN(C)C. The number of aliphatic imine (C=N–C) groups is 1. The van der Waals surface area contributed by atoms with Crippen molar-refractivity contribution >= 4 is 41.1 Å². The van der Waals surface area contributed by atoms with Crippen LogP contribution >= 0.6 is 0 Å². The molecule has 0 aliphatic rings. The Labute approximate surface area is 258 Å². The van der Waals surface area contributed by atoms with Gasteiger partial charge in [-0.15, -0.1) is 0 Å². The number of nitriles is 1. The smallest absolute Gasteiger partial charge is 0.258 e. The zero-order chi connectivity index (χ0) is 32.4. The molecule has 44 heavy (non-hydrogen) atoms. The van der Waals surface area contributed by atoms with Crippen LogP contribution in [0, 0.1) is 11.3 Å². The monoisotopic (exact) mass is 595 g/mol. The highest BCUT2D eigenvalue weighted by Gasteiger charge is 2.16. The van der Waals surface area contributed by atoms with Crippen LogP contribution < -0.4 is 36.4 Å². The van der Waals surface area contributed by atoms with Crippen molar-refractivity contribution in [3.8, 4) is 22.9 Å². The summed E-state index contributed by atoms with van der Waals surface area (Å²) in [6.07, 6.45) is 5.64. The number of likely N-dealkylation sites (N-methyl/N-ethyl adjacent to an activating group) is 2. The Kier molecular flexibility index (Phi) is 11.7. The Morgan fingerprint density at radius 1 is 1.14 bits per heavy atom. The third-order valence-electron chi connectivity index (χ3n) is 6.96. The van der Waals surface area contributed by atoms with Crippen molar-refractivity contribution in [2.75, 3.05) is 56.9 Å². The Morgan fingerprint density at radius 3 is 2.52 bits per heavy atom. The summed E-state index contributed by atoms with van der Waals surface area (Å²) in [6, 6.07) is 14.6. The summed E-state index contributed by atoms with van der Waals surface area (Å²) < 4.78 is 7.31. The van der Waals surface area contributed by atoms with Crippen LogP contribution in [0.3, 0.4) is 0 Å². The molecule has 0 aliphatic carbocycles. The summed E-state index contributed by atoms with van der Waals surface area (Å²) >= 11 is 0. The second kappa shape index (κ2) is 15.4. The molecule has 10 heteroatoms. The molecule has 0 bridgehead atoms. The first-order chi connectivity index (χ1) is 21.0. The van der Waals surface area contributed by atoms with Crippen LogP contribution in [0.1, 0.15) is 25.8 Å². The fourth-order valence-corrected chi connectivity index (χ4v) is 4.59. The predicted molar refractivity (Wildman–Crippen MR) is 181 cm³/mol. The topological polar surface area (TPSA) is 115 Å². The van der Waals surface area contributed by atoms with Crippen molar-refractivity contribution in [3.05, 3.63) is 81.6 Å². The highest BCUT2D eigenvalue weighted by atomic mass is 16.5. The Morgan fingerprint density at radius 2 is 1.89 bits per heavy atom. The van der Waals surface area contributed by atoms with Gasteiger partial charge in [0.2, 0.25) is 5.91 Å². The van der Waals surface area contributed by atoms with Gasteiger partial charge in [-0.3, -0.25) is 9.59 Å². The lowest BCUT2D eigenvalue weighted by atomic mass is 10.0. The molecule has 2 N–H and O–H groups in total. The van der Waals surface area contributed by atoms with Crippen molar-refractivity contribution in [3.63, 3.8) is 0 Å². The number of nitrogens with zero attached hydrogens (tertiary/aromatic N) is 5. The molecular formula is C34H41N7O3. The number of ether oxygens (including phenoxy) is 1. The van der Waals surface area contributed by atoms with E-state index in [0.717, 1.165) is 35.8 Å². The van der Waals surface area contributed by atoms with Gasteiger partial charge in [-0.1, -0.05) is 31.7 Å². The van der Waals surface area contributed by atoms with Gasteiger partial charge in [0.25, 0.3) is 5.56 Å². The second-order valence-corrected chi connectivity index (χ2v) is 10.5. The summed E-state index contributed by atoms with van der Waals surface area (Å²) in [7, 11) is 9.29. The van der Waals surface area contributed by atoms with Crippen LogP contribution in [0.5, 0.6) is 5.75 Å². The number of amidine groups is 1. The normalized spacial score (nSPS) is 12.2. The average molecular weight is 596 g/mol. The maximum atomic E-state index is 13.3. The maximum absolute atomic E-state index is 13.3. The number of anilines is 3. The van der Waals surface area contributed by atoms with E-state index in [9.17, 15) is 14.9 Å². The number of methoxy groups -OCH3 is 1. The summed E-state index contributed by atoms with van der Waals surface area (Å²) in [4.78, 5) is 34.4. The lowest BCUT2D eigenvalue weighted by molar-refractivity contribution is -0.111. The summed E-state index contributed by atoms with van der Waals surface area (Å²) in [6.45, 7) is 8.96. The molecule has 10 nitrogen and oxygen atoms in total. The molecule has 0 atom stereocenters. The summed E-state index contributed by atoms with van der Waals surface area (Å²) in [5.41, 5.74) is 3.46. The van der Waals surface area contributed by atoms with Crippen LogP contribution in [0.4, 0.5) is 17.1 Å². The van der Waals surface area contributed by atoms with Crippen molar-refractivity contribution in [1.29, 1.82) is 5.26 Å². The summed E-state index contributed by atoms with van der Waals surface area (Å²) in [5.74, 6) is 0.805. The van der Waals surface area contributed by atoms with Gasteiger partial charge in [0.05, 0.1) is 35.8 Å². The number of carbonyl (C=O) groups excluding carboxylic acids is 1. The molecule has 0 radical (unpaired) electrons. The quantitative estimate of drug-likeness (QED) is 0.198. The first-order valence-corrected chi connectivity index (χ1v) is 14.3. The van der Waals surface area contributed by atoms with E-state index in [1.165, 1.54) is 6.08 Å². The van der Waals surface area contributed by atoms with E-state index in [2.05, 4.69) is 38.1 Å². The average Bonchev–Trinajstić information content (AvgIpc) is 3.01. The van der Waals surface area contributed by atoms with Gasteiger partial charge in [0.15, 0.2) is 0 Å². The lowest BCUT2D eigenvalue weighted by Crippen LogP contribution is -2.42. The van der Waals surface area contributed by atoms with Crippen molar-refractivity contribution in [2.24, 2.45) is 12.0 Å². The minimum atomic E-state index is -0.326. The van der Waals surface area contributed by atoms with Crippen molar-refractivity contribution in [2.45, 2.75) is 20.3 Å². The molecule has 0 aliphatic heterocycles. The van der Waals surface area contributed by atoms with E-state index in [1.807, 2.05) is 59.3 Å². The van der Waals surface area contributed by atoms with Crippen molar-refractivity contribution in [1.82, 2.24) is 9.47 Å². The maximum Gasteiger partial charge on any atom is 0.258 e. The molecule has 0 saturated carbocycles. The van der Waals surface area contributed by atoms with Crippen LogP contribution in [0.25, 0.3) is 23.4 Å². The largest absolute Gasteiger partial charge is 0.494 e. The van der Waals surface area contributed by atoms with Gasteiger partial charge < -0.3 is 29.7 Å². The molecular weight excluding hydrogens is 554 g/mol. The van der Waals surface area contributed by atoms with E-state index in [4.69, 9.17) is 4.74 Å². The molecule has 1 aromatic heterocycles. The minimum absolute atomic E-state index is 0.162. The Hall–Kier alpha value is -5.14. The zero-order valence-electron chi connectivity index (χ0n) is 26.6. The number of carbonyl (C=O) groups is 1. The van der Waals surface area contributed by atoms with Gasteiger partial charge in [-0.2, -0.15) is 5.26 Å². The van der Waals surface area contributed by atoms with Gasteiger partial charge in [-0.05, 0) is 63.3 Å². The van der Waals surface area contributed by atoms with Gasteiger partial charge >= 0.3 is 0 Å². The van der Waals surface area contributed by atoms with Crippen LogP contribution in [0.2, 0.25) is 0 Å². The molecule has 3 aromatic rings. The Balaban J connectivity index is 2.10. The summed E-state index contributed by atoms with van der Waals surface area (Å²) in [5, 5.41) is 17.0. The number of pyridine rings is 1. The van der Waals surface area contributed by atoms with Crippen LogP contribution in [-0.4, -0.2) is 62.6 Å². The number of nitrogens with one attached hydrogen (secondary N) is 2. The third-order valence-corrected chi connectivity index (χ3v) is 6.96. The van der Waals surface area contributed by atoms with Crippen LogP contribution in [0.15, 0.2) is 64.9 Å². The van der Waals surface area contributed by atoms with E-state index < -0.39 is 0 Å². The number of hydrogen-bond acceptors (Lipinski definition) is 7. The van der Waals surface area contributed by atoms with Crippen LogP contribution in [-0.2, 0) is 11.8 Å². The number of hydrogen-bond donors (Lipinski definition) is 2. The van der Waals surface area contributed by atoms with E-state index in [1.54, 1.807) is 49.2 Å².